The van der Waals surface area contributed by atoms with E-state index in [2.05, 4.69) is 193 Å². The van der Waals surface area contributed by atoms with E-state index >= 15 is 0 Å². The van der Waals surface area contributed by atoms with Crippen molar-refractivity contribution in [3.05, 3.63) is 211 Å². The first-order chi connectivity index (χ1) is 27.3. The molecule has 3 heteroatoms. The fraction of sp³-hybridized carbons (Fsp3) is 0. The van der Waals surface area contributed by atoms with Crippen LogP contribution < -0.4 is 4.90 Å². The molecule has 0 N–H and O–H groups in total. The summed E-state index contributed by atoms with van der Waals surface area (Å²) in [5.74, 6) is 0. The predicted octanol–water partition coefficient (Wildman–Crippen LogP) is 14.9. The van der Waals surface area contributed by atoms with Crippen LogP contribution >= 0.6 is 0 Å². The lowest BCUT2D eigenvalue weighted by Crippen LogP contribution is -2.09. The van der Waals surface area contributed by atoms with Crippen LogP contribution in [-0.4, -0.2) is 0 Å². The van der Waals surface area contributed by atoms with Gasteiger partial charge < -0.3 is 13.7 Å². The number of anilines is 3. The van der Waals surface area contributed by atoms with Crippen molar-refractivity contribution in [2.75, 3.05) is 4.90 Å². The van der Waals surface area contributed by atoms with Gasteiger partial charge in [-0.2, -0.15) is 0 Å². The first-order valence-electron chi connectivity index (χ1n) is 18.7. The minimum atomic E-state index is 0.837. The Morgan fingerprint density at radius 3 is 1.84 bits per heavy atom. The second-order valence-electron chi connectivity index (χ2n) is 14.0. The molecule has 0 aliphatic heterocycles. The van der Waals surface area contributed by atoms with Crippen molar-refractivity contribution >= 4 is 94.1 Å². The summed E-state index contributed by atoms with van der Waals surface area (Å²) in [6, 6.07) is 68.5. The Morgan fingerprint density at radius 2 is 1.04 bits per heavy atom. The van der Waals surface area contributed by atoms with E-state index in [9.17, 15) is 0 Å². The first-order valence-corrected chi connectivity index (χ1v) is 18.7. The summed E-state index contributed by atoms with van der Waals surface area (Å²) < 4.78 is 13.3. The smallest absolute Gasteiger partial charge is 0.143 e. The maximum atomic E-state index is 7.00. The van der Waals surface area contributed by atoms with E-state index in [-0.39, 0.29) is 0 Å². The number of hydrogen-bond donors (Lipinski definition) is 0. The summed E-state index contributed by atoms with van der Waals surface area (Å²) >= 11 is 0. The van der Waals surface area contributed by atoms with Crippen molar-refractivity contribution in [1.29, 1.82) is 0 Å². The third kappa shape index (κ3) is 5.13. The lowest BCUT2D eigenvalue weighted by molar-refractivity contribution is 0.668. The Labute approximate surface area is 317 Å². The number of para-hydroxylation sites is 4. The molecule has 0 radical (unpaired) electrons. The molecule has 0 saturated carbocycles. The molecule has 3 nitrogen and oxygen atoms in total. The molecule has 0 fully saturated rings. The van der Waals surface area contributed by atoms with Crippen LogP contribution in [0.15, 0.2) is 203 Å². The molecule has 55 heavy (non-hydrogen) atoms. The number of benzene rings is 9. The third-order valence-electron chi connectivity index (χ3n) is 10.8. The van der Waals surface area contributed by atoms with Gasteiger partial charge in [0.05, 0.1) is 11.1 Å². The average Bonchev–Trinajstić information content (AvgIpc) is 3.83. The molecule has 0 saturated heterocycles. The van der Waals surface area contributed by atoms with E-state index < -0.39 is 0 Å². The van der Waals surface area contributed by atoms with E-state index in [1.807, 2.05) is 12.1 Å². The van der Waals surface area contributed by atoms with E-state index in [1.165, 1.54) is 21.5 Å². The number of furan rings is 2. The summed E-state index contributed by atoms with van der Waals surface area (Å²) in [6.07, 6.45) is 2.35. The van der Waals surface area contributed by atoms with Crippen LogP contribution in [0.2, 0.25) is 0 Å². The van der Waals surface area contributed by atoms with Crippen LogP contribution in [0.3, 0.4) is 0 Å². The highest BCUT2D eigenvalue weighted by molar-refractivity contribution is 6.18. The molecule has 0 bridgehead atoms. The predicted molar refractivity (Wildman–Crippen MR) is 231 cm³/mol. The van der Waals surface area contributed by atoms with Crippen LogP contribution in [0.4, 0.5) is 17.1 Å². The Kier molecular flexibility index (Phi) is 7.17. The molecule has 258 valence electrons. The second-order valence-corrected chi connectivity index (χ2v) is 14.0. The van der Waals surface area contributed by atoms with Gasteiger partial charge in [-0.15, -0.1) is 0 Å². The molecule has 0 amide bonds. The van der Waals surface area contributed by atoms with Crippen molar-refractivity contribution in [2.24, 2.45) is 0 Å². The van der Waals surface area contributed by atoms with Gasteiger partial charge in [-0.3, -0.25) is 0 Å². The fourth-order valence-corrected chi connectivity index (χ4v) is 8.38. The fourth-order valence-electron chi connectivity index (χ4n) is 8.38. The van der Waals surface area contributed by atoms with Crippen molar-refractivity contribution < 1.29 is 8.83 Å². The van der Waals surface area contributed by atoms with Crippen molar-refractivity contribution in [3.63, 3.8) is 0 Å². The van der Waals surface area contributed by atoms with Gasteiger partial charge in [-0.05, 0) is 105 Å². The van der Waals surface area contributed by atoms with E-state index in [4.69, 9.17) is 8.83 Å². The molecular formula is C52H33NO2. The number of rotatable bonds is 6. The zero-order chi connectivity index (χ0) is 36.3. The summed E-state index contributed by atoms with van der Waals surface area (Å²) in [5.41, 5.74) is 11.0. The largest absolute Gasteiger partial charge is 0.456 e. The van der Waals surface area contributed by atoms with Gasteiger partial charge in [0.2, 0.25) is 0 Å². The van der Waals surface area contributed by atoms with Gasteiger partial charge in [0.15, 0.2) is 0 Å². The van der Waals surface area contributed by atoms with E-state index in [0.717, 1.165) is 83.2 Å². The standard InChI is InChI=1S/C52H33NO2/c1-3-16-37(17-4-1)53(38-18-5-2-6-19-38)47-26-14-28-50-51(47)44-25-13-24-43(52(44)55-50)45(35-29-30-49-46(32-35)42-23-11-12-27-48(42)54-49)33-36-31-34-15-7-8-20-39(34)41-22-10-9-21-40(36)41/h1-33H/b45-33-. The molecule has 11 rings (SSSR count). The minimum Gasteiger partial charge on any atom is -0.456 e. The number of fused-ring (bicyclic) bond motifs is 9. The van der Waals surface area contributed by atoms with Crippen molar-refractivity contribution in [2.45, 2.75) is 0 Å². The molecule has 0 aliphatic carbocycles. The van der Waals surface area contributed by atoms with Crippen LogP contribution in [0.25, 0.3) is 77.1 Å². The summed E-state index contributed by atoms with van der Waals surface area (Å²) in [5, 5.41) is 9.20. The van der Waals surface area contributed by atoms with Gasteiger partial charge in [0, 0.05) is 33.1 Å². The zero-order valence-electron chi connectivity index (χ0n) is 29.8. The van der Waals surface area contributed by atoms with Crippen LogP contribution in [0.1, 0.15) is 16.7 Å². The van der Waals surface area contributed by atoms with Crippen molar-refractivity contribution in [1.82, 2.24) is 0 Å². The molecule has 0 atom stereocenters. The maximum absolute atomic E-state index is 7.00. The summed E-state index contributed by atoms with van der Waals surface area (Å²) in [6.45, 7) is 0. The average molecular weight is 704 g/mol. The highest BCUT2D eigenvalue weighted by Crippen LogP contribution is 2.45. The third-order valence-corrected chi connectivity index (χ3v) is 10.8. The summed E-state index contributed by atoms with van der Waals surface area (Å²) in [4.78, 5) is 2.32. The Hall–Kier alpha value is -7.36. The second kappa shape index (κ2) is 12.6. The van der Waals surface area contributed by atoms with Gasteiger partial charge in [-0.1, -0.05) is 133 Å². The molecule has 2 heterocycles. The van der Waals surface area contributed by atoms with Crippen LogP contribution in [0, 0.1) is 0 Å². The SMILES string of the molecule is C(=C(\c1ccc2oc3ccccc3c2c1)c1cccc2c1oc1cccc(N(c3ccccc3)c3ccccc3)c12)/c1cc2ccccc2c2ccccc12. The molecule has 0 unspecified atom stereocenters. The molecule has 9 aromatic carbocycles. The quantitative estimate of drug-likeness (QED) is 0.128. The van der Waals surface area contributed by atoms with E-state index in [0.29, 0.717) is 0 Å². The monoisotopic (exact) mass is 703 g/mol. The van der Waals surface area contributed by atoms with E-state index in [1.54, 1.807) is 0 Å². The molecular weight excluding hydrogens is 671 g/mol. The Bertz CT molecular complexity index is 3220. The van der Waals surface area contributed by atoms with Gasteiger partial charge in [0.25, 0.3) is 0 Å². The highest BCUT2D eigenvalue weighted by Gasteiger charge is 2.22. The highest BCUT2D eigenvalue weighted by atomic mass is 16.3. The Morgan fingerprint density at radius 1 is 0.418 bits per heavy atom. The molecule has 0 aliphatic rings. The van der Waals surface area contributed by atoms with Crippen LogP contribution in [0.5, 0.6) is 0 Å². The molecule has 2 aromatic heterocycles. The summed E-state index contributed by atoms with van der Waals surface area (Å²) in [7, 11) is 0. The van der Waals surface area contributed by atoms with Crippen molar-refractivity contribution in [3.8, 4) is 0 Å². The molecule has 0 spiro atoms. The van der Waals surface area contributed by atoms with Gasteiger partial charge in [-0.25, -0.2) is 0 Å². The zero-order valence-corrected chi connectivity index (χ0v) is 29.8. The first kappa shape index (κ1) is 31.2. The topological polar surface area (TPSA) is 29.5 Å². The van der Waals surface area contributed by atoms with Crippen LogP contribution in [-0.2, 0) is 0 Å². The minimum absolute atomic E-state index is 0.837. The van der Waals surface area contributed by atoms with Gasteiger partial charge in [0.1, 0.15) is 22.3 Å². The number of hydrogen-bond acceptors (Lipinski definition) is 3. The Balaban J connectivity index is 1.20. The van der Waals surface area contributed by atoms with Gasteiger partial charge >= 0.3 is 0 Å². The maximum Gasteiger partial charge on any atom is 0.143 e. The lowest BCUT2D eigenvalue weighted by Gasteiger charge is -2.26. The molecule has 11 aromatic rings. The lowest BCUT2D eigenvalue weighted by atomic mass is 9.90. The number of nitrogens with zero attached hydrogens (tertiary/aromatic N) is 1. The normalized spacial score (nSPS) is 12.1.